The second kappa shape index (κ2) is 7.00. The molecule has 5 nitrogen and oxygen atoms in total. The highest BCUT2D eigenvalue weighted by Gasteiger charge is 2.13. The van der Waals surface area contributed by atoms with Gasteiger partial charge in [-0.1, -0.05) is 12.1 Å². The van der Waals surface area contributed by atoms with Gasteiger partial charge in [-0.05, 0) is 43.3 Å². The van der Waals surface area contributed by atoms with E-state index in [1.165, 1.54) is 0 Å². The summed E-state index contributed by atoms with van der Waals surface area (Å²) in [4.78, 5) is 11.9. The first-order valence-electron chi connectivity index (χ1n) is 7.76. The third-order valence-corrected chi connectivity index (χ3v) is 3.72. The summed E-state index contributed by atoms with van der Waals surface area (Å²) in [5.74, 6) is 0.374. The molecular weight excluding hydrogens is 302 g/mol. The number of aromatic nitrogens is 2. The van der Waals surface area contributed by atoms with Crippen molar-refractivity contribution in [2.75, 3.05) is 0 Å². The van der Waals surface area contributed by atoms with Crippen LogP contribution in [0.2, 0.25) is 0 Å². The topological polar surface area (TPSA) is 81.5 Å². The first kappa shape index (κ1) is 15.8. The number of para-hydroxylation sites is 1. The monoisotopic (exact) mass is 321 g/mol. The Balaban J connectivity index is 1.99. The molecule has 3 rings (SSSR count). The maximum absolute atomic E-state index is 10.2. The van der Waals surface area contributed by atoms with Gasteiger partial charge in [0.2, 0.25) is 0 Å². The van der Waals surface area contributed by atoms with Crippen molar-refractivity contribution in [3.8, 4) is 11.5 Å². The molecule has 0 bridgehead atoms. The quantitative estimate of drug-likeness (QED) is 0.631. The summed E-state index contributed by atoms with van der Waals surface area (Å²) in [7, 11) is 0. The van der Waals surface area contributed by atoms with Crippen molar-refractivity contribution < 1.29 is 10.2 Å². The first-order chi connectivity index (χ1) is 11.6. The van der Waals surface area contributed by atoms with E-state index in [0.717, 1.165) is 17.7 Å². The number of hydrogen-bond acceptors (Lipinski definition) is 4. The Morgan fingerprint density at radius 3 is 2.54 bits per heavy atom. The second-order valence-electron chi connectivity index (χ2n) is 5.67. The molecule has 1 heterocycles. The van der Waals surface area contributed by atoms with Crippen molar-refractivity contribution in [3.63, 3.8) is 0 Å². The number of benzene rings is 2. The van der Waals surface area contributed by atoms with E-state index in [1.54, 1.807) is 48.9 Å². The van der Waals surface area contributed by atoms with Gasteiger partial charge >= 0.3 is 0 Å². The molecule has 5 heteroatoms. The average Bonchev–Trinajstić information content (AvgIpc) is 3.07. The van der Waals surface area contributed by atoms with E-state index in [1.807, 2.05) is 19.1 Å². The van der Waals surface area contributed by atoms with Crippen LogP contribution in [0.4, 0.5) is 0 Å². The number of nitrogens with zero attached hydrogens (tertiary/aromatic N) is 2. The number of phenolic OH excluding ortho intramolecular Hbond substituents is 2. The van der Waals surface area contributed by atoms with Gasteiger partial charge in [-0.2, -0.15) is 0 Å². The fraction of sp³-hybridized carbons (Fsp3) is 0.158. The molecule has 0 aliphatic carbocycles. The van der Waals surface area contributed by atoms with Crippen molar-refractivity contribution in [1.29, 1.82) is 0 Å². The highest BCUT2D eigenvalue weighted by Crippen LogP contribution is 2.23. The van der Waals surface area contributed by atoms with Gasteiger partial charge in [-0.3, -0.25) is 4.99 Å². The predicted molar refractivity (Wildman–Crippen MR) is 93.6 cm³/mol. The number of imidazole rings is 1. The average molecular weight is 321 g/mol. The Bertz CT molecular complexity index is 824. The molecular formula is C19H19N3O2. The number of aliphatic imine (C=N–C) groups is 1. The van der Waals surface area contributed by atoms with Crippen LogP contribution >= 0.6 is 0 Å². The molecule has 24 heavy (non-hydrogen) atoms. The Morgan fingerprint density at radius 1 is 1.12 bits per heavy atom. The summed E-state index contributed by atoms with van der Waals surface area (Å²) in [5.41, 5.74) is 3.21. The van der Waals surface area contributed by atoms with Crippen LogP contribution in [0.15, 0.2) is 66.0 Å². The minimum absolute atomic E-state index is 0.00569. The van der Waals surface area contributed by atoms with Crippen LogP contribution in [0.3, 0.4) is 0 Å². The summed E-state index contributed by atoms with van der Waals surface area (Å²) in [5, 5.41) is 19.7. The summed E-state index contributed by atoms with van der Waals surface area (Å²) < 4.78 is 0. The fourth-order valence-corrected chi connectivity index (χ4v) is 2.57. The van der Waals surface area contributed by atoms with Gasteiger partial charge in [-0.25, -0.2) is 4.98 Å². The minimum Gasteiger partial charge on any atom is -0.508 e. The van der Waals surface area contributed by atoms with Crippen LogP contribution in [0.1, 0.15) is 23.7 Å². The van der Waals surface area contributed by atoms with Gasteiger partial charge in [-0.15, -0.1) is 0 Å². The normalized spacial score (nSPS) is 13.0. The SMILES string of the molecule is C[C@H](Cc1cnc[nH]1)N=C(c1ccc(O)cc1)c1ccccc1O. The van der Waals surface area contributed by atoms with Crippen molar-refractivity contribution in [2.24, 2.45) is 4.99 Å². The van der Waals surface area contributed by atoms with E-state index >= 15 is 0 Å². The van der Waals surface area contributed by atoms with Gasteiger partial charge in [0.15, 0.2) is 0 Å². The number of nitrogens with one attached hydrogen (secondary N) is 1. The molecule has 2 aromatic carbocycles. The molecule has 0 radical (unpaired) electrons. The fourth-order valence-electron chi connectivity index (χ4n) is 2.57. The Kier molecular flexibility index (Phi) is 4.61. The summed E-state index contributed by atoms with van der Waals surface area (Å²) in [6, 6.07) is 13.9. The zero-order valence-electron chi connectivity index (χ0n) is 13.3. The highest BCUT2D eigenvalue weighted by molar-refractivity contribution is 6.14. The van der Waals surface area contributed by atoms with Crippen LogP contribution < -0.4 is 0 Å². The lowest BCUT2D eigenvalue weighted by atomic mass is 10.0. The molecule has 0 saturated carbocycles. The third kappa shape index (κ3) is 3.63. The minimum atomic E-state index is -0.00569. The number of phenols is 2. The van der Waals surface area contributed by atoms with Gasteiger partial charge in [0.1, 0.15) is 11.5 Å². The number of aromatic amines is 1. The Morgan fingerprint density at radius 2 is 1.88 bits per heavy atom. The lowest BCUT2D eigenvalue weighted by molar-refractivity contribution is 0.474. The Hall–Kier alpha value is -3.08. The molecule has 0 saturated heterocycles. The summed E-state index contributed by atoms with van der Waals surface area (Å²) in [6.07, 6.45) is 4.15. The Labute approximate surface area is 140 Å². The molecule has 0 spiro atoms. The molecule has 3 N–H and O–H groups in total. The molecule has 1 aromatic heterocycles. The maximum Gasteiger partial charge on any atom is 0.124 e. The number of hydrogen-bond donors (Lipinski definition) is 3. The van der Waals surface area contributed by atoms with E-state index in [-0.39, 0.29) is 17.5 Å². The molecule has 122 valence electrons. The molecule has 0 unspecified atom stereocenters. The lowest BCUT2D eigenvalue weighted by Gasteiger charge is -2.13. The number of rotatable bonds is 5. The molecule has 3 aromatic rings. The van der Waals surface area contributed by atoms with E-state index < -0.39 is 0 Å². The molecule has 1 atom stereocenters. The number of aromatic hydroxyl groups is 2. The van der Waals surface area contributed by atoms with Gasteiger partial charge in [0, 0.05) is 29.4 Å². The standard InChI is InChI=1S/C19H19N3O2/c1-13(10-15-11-20-12-21-15)22-19(14-6-8-16(23)9-7-14)17-4-2-3-5-18(17)24/h2-9,11-13,23-24H,10H2,1H3,(H,20,21)/t13-/m1/s1. The van der Waals surface area contributed by atoms with Crippen molar-refractivity contribution in [3.05, 3.63) is 77.9 Å². The first-order valence-corrected chi connectivity index (χ1v) is 7.76. The van der Waals surface area contributed by atoms with Gasteiger partial charge < -0.3 is 15.2 Å². The van der Waals surface area contributed by atoms with Crippen molar-refractivity contribution in [1.82, 2.24) is 9.97 Å². The van der Waals surface area contributed by atoms with E-state index in [0.29, 0.717) is 11.3 Å². The zero-order valence-corrected chi connectivity index (χ0v) is 13.3. The zero-order chi connectivity index (χ0) is 16.9. The van der Waals surface area contributed by atoms with Crippen LogP contribution in [0.25, 0.3) is 0 Å². The molecule has 0 aliphatic heterocycles. The third-order valence-electron chi connectivity index (χ3n) is 3.72. The maximum atomic E-state index is 10.2. The van der Waals surface area contributed by atoms with E-state index in [2.05, 4.69) is 9.97 Å². The smallest absolute Gasteiger partial charge is 0.124 e. The molecule has 0 aliphatic rings. The van der Waals surface area contributed by atoms with Crippen LogP contribution in [0, 0.1) is 0 Å². The van der Waals surface area contributed by atoms with Crippen molar-refractivity contribution in [2.45, 2.75) is 19.4 Å². The van der Waals surface area contributed by atoms with Crippen LogP contribution in [0.5, 0.6) is 11.5 Å². The molecule has 0 fully saturated rings. The van der Waals surface area contributed by atoms with E-state index in [4.69, 9.17) is 4.99 Å². The van der Waals surface area contributed by atoms with Gasteiger partial charge in [0.25, 0.3) is 0 Å². The summed E-state index contributed by atoms with van der Waals surface area (Å²) in [6.45, 7) is 2.02. The highest BCUT2D eigenvalue weighted by atomic mass is 16.3. The summed E-state index contributed by atoms with van der Waals surface area (Å²) >= 11 is 0. The van der Waals surface area contributed by atoms with Crippen molar-refractivity contribution >= 4 is 5.71 Å². The lowest BCUT2D eigenvalue weighted by Crippen LogP contribution is -2.11. The molecule has 0 amide bonds. The predicted octanol–water partition coefficient (Wildman–Crippen LogP) is 3.29. The van der Waals surface area contributed by atoms with E-state index in [9.17, 15) is 10.2 Å². The van der Waals surface area contributed by atoms with Crippen LogP contribution in [-0.4, -0.2) is 31.9 Å². The number of H-pyrrole nitrogens is 1. The van der Waals surface area contributed by atoms with Crippen LogP contribution in [-0.2, 0) is 6.42 Å². The largest absolute Gasteiger partial charge is 0.508 e. The second-order valence-corrected chi connectivity index (χ2v) is 5.67. The van der Waals surface area contributed by atoms with Gasteiger partial charge in [0.05, 0.1) is 18.1 Å².